The maximum Gasteiger partial charge on any atom is 0.312 e. The van der Waals surface area contributed by atoms with E-state index in [2.05, 4.69) is 38.6 Å². The summed E-state index contributed by atoms with van der Waals surface area (Å²) in [5.41, 5.74) is 11.0. The van der Waals surface area contributed by atoms with Crippen LogP contribution >= 0.6 is 12.2 Å². The van der Waals surface area contributed by atoms with Gasteiger partial charge in [-0.1, -0.05) is 30.3 Å². The number of anilines is 2. The molecule has 0 fully saturated rings. The Morgan fingerprint density at radius 2 is 1.77 bits per heavy atom. The lowest BCUT2D eigenvalue weighted by atomic mass is 10.1. The summed E-state index contributed by atoms with van der Waals surface area (Å²) in [6.45, 7) is 6.03. The van der Waals surface area contributed by atoms with Gasteiger partial charge in [0.1, 0.15) is 0 Å². The highest BCUT2D eigenvalue weighted by molar-refractivity contribution is 7.80. The smallest absolute Gasteiger partial charge is 0.310 e. The van der Waals surface area contributed by atoms with E-state index in [-0.39, 0.29) is 5.96 Å². The van der Waals surface area contributed by atoms with E-state index in [1.807, 2.05) is 50.2 Å². The molecule has 0 aliphatic heterocycles. The standard InChI is InChI=1S/C19H20N6S/c1-11-7-6-10-15(12(11)2)23-19(26)25-17(20)24-18-21-13(3)14-8-4-5-9-16(14)22-18/h4-10H,1-3H3,(H4,20,21,22,23,24,25,26)/p+1. The normalized spacial score (nSPS) is 11.4. The third-order valence-electron chi connectivity index (χ3n) is 4.14. The Kier molecular flexibility index (Phi) is 5.09. The van der Waals surface area contributed by atoms with Crippen LogP contribution in [0.4, 0.5) is 11.6 Å². The van der Waals surface area contributed by atoms with Gasteiger partial charge in [-0.3, -0.25) is 5.32 Å². The molecule has 1 heterocycles. The van der Waals surface area contributed by atoms with Crippen LogP contribution in [0.5, 0.6) is 0 Å². The van der Waals surface area contributed by atoms with Gasteiger partial charge in [-0.2, -0.15) is 0 Å². The lowest BCUT2D eigenvalue weighted by Crippen LogP contribution is -2.82. The first kappa shape index (κ1) is 17.8. The summed E-state index contributed by atoms with van der Waals surface area (Å²) < 4.78 is 0. The van der Waals surface area contributed by atoms with Crippen molar-refractivity contribution in [2.75, 3.05) is 10.6 Å². The number of rotatable bonds is 2. The van der Waals surface area contributed by atoms with E-state index in [1.165, 1.54) is 5.56 Å². The number of hydrogen-bond donors (Lipinski definition) is 4. The number of aryl methyl sites for hydroxylation is 2. The second-order valence-electron chi connectivity index (χ2n) is 6.02. The van der Waals surface area contributed by atoms with E-state index in [4.69, 9.17) is 18.0 Å². The Morgan fingerprint density at radius 1 is 1.00 bits per heavy atom. The number of benzene rings is 2. The quantitative estimate of drug-likeness (QED) is 0.314. The average molecular weight is 365 g/mol. The van der Waals surface area contributed by atoms with E-state index in [0.717, 1.165) is 27.8 Å². The zero-order valence-corrected chi connectivity index (χ0v) is 15.7. The number of nitrogens with one attached hydrogen (secondary N) is 3. The zero-order chi connectivity index (χ0) is 18.7. The van der Waals surface area contributed by atoms with Crippen molar-refractivity contribution >= 4 is 45.8 Å². The number of hydrogen-bond acceptors (Lipinski definition) is 3. The molecular weight excluding hydrogens is 344 g/mol. The van der Waals surface area contributed by atoms with E-state index < -0.39 is 0 Å². The maximum atomic E-state index is 6.01. The van der Waals surface area contributed by atoms with E-state index in [1.54, 1.807) is 0 Å². The van der Waals surface area contributed by atoms with E-state index in [0.29, 0.717) is 11.1 Å². The van der Waals surface area contributed by atoms with Crippen LogP contribution < -0.4 is 21.4 Å². The number of thiocarbonyl (C=S) groups is 1. The number of guanidine groups is 1. The minimum Gasteiger partial charge on any atom is -0.310 e. The van der Waals surface area contributed by atoms with Gasteiger partial charge in [-0.25, -0.2) is 20.3 Å². The number of aromatic nitrogens is 2. The lowest BCUT2D eigenvalue weighted by molar-refractivity contribution is -0.311. The summed E-state index contributed by atoms with van der Waals surface area (Å²) in [7, 11) is 0. The molecule has 132 valence electrons. The Balaban J connectivity index is 1.76. The first-order valence-corrected chi connectivity index (χ1v) is 8.62. The summed E-state index contributed by atoms with van der Waals surface area (Å²) in [6.07, 6.45) is 0. The van der Waals surface area contributed by atoms with Crippen molar-refractivity contribution in [3.05, 3.63) is 59.3 Å². The topological polar surface area (TPSA) is 89.8 Å². The minimum atomic E-state index is 0.252. The van der Waals surface area contributed by atoms with Gasteiger partial charge in [0.2, 0.25) is 0 Å². The van der Waals surface area contributed by atoms with Crippen LogP contribution in [-0.4, -0.2) is 21.0 Å². The van der Waals surface area contributed by atoms with Crippen LogP contribution in [0.3, 0.4) is 0 Å². The molecule has 0 aliphatic rings. The number of nitrogens with two attached hydrogens (primary N) is 1. The van der Waals surface area contributed by atoms with Crippen molar-refractivity contribution in [3.63, 3.8) is 0 Å². The van der Waals surface area contributed by atoms with Gasteiger partial charge in [0.05, 0.1) is 16.9 Å². The Bertz CT molecular complexity index is 1010. The monoisotopic (exact) mass is 365 g/mol. The van der Waals surface area contributed by atoms with Crippen LogP contribution in [0.25, 0.3) is 10.9 Å². The summed E-state index contributed by atoms with van der Waals surface area (Å²) in [5, 5.41) is 7.50. The van der Waals surface area contributed by atoms with E-state index >= 15 is 0 Å². The molecule has 0 bridgehead atoms. The van der Waals surface area contributed by atoms with Crippen LogP contribution in [0, 0.1) is 20.8 Å². The minimum absolute atomic E-state index is 0.252. The van der Waals surface area contributed by atoms with Crippen molar-refractivity contribution in [1.29, 1.82) is 0 Å². The summed E-state index contributed by atoms with van der Waals surface area (Å²) in [6, 6.07) is 13.8. The number of nitrogens with zero attached hydrogens (tertiary/aromatic N) is 2. The zero-order valence-electron chi connectivity index (χ0n) is 14.9. The Morgan fingerprint density at radius 3 is 2.58 bits per heavy atom. The molecule has 3 aromatic rings. The first-order chi connectivity index (χ1) is 12.4. The van der Waals surface area contributed by atoms with Crippen molar-refractivity contribution in [2.24, 2.45) is 5.73 Å². The molecule has 3 rings (SSSR count). The van der Waals surface area contributed by atoms with Gasteiger partial charge in [-0.05, 0) is 56.2 Å². The largest absolute Gasteiger partial charge is 0.312 e. The van der Waals surface area contributed by atoms with Gasteiger partial charge in [0, 0.05) is 5.39 Å². The molecule has 0 spiro atoms. The Hall–Kier alpha value is -3.06. The molecule has 1 aromatic heterocycles. The summed E-state index contributed by atoms with van der Waals surface area (Å²) in [4.78, 5) is 11.8. The van der Waals surface area contributed by atoms with Gasteiger partial charge < -0.3 is 5.73 Å². The second-order valence-corrected chi connectivity index (χ2v) is 6.42. The fourth-order valence-electron chi connectivity index (χ4n) is 2.61. The number of para-hydroxylation sites is 1. The molecule has 5 N–H and O–H groups in total. The van der Waals surface area contributed by atoms with Crippen LogP contribution in [0.1, 0.15) is 16.8 Å². The number of fused-ring (bicyclic) bond motifs is 1. The summed E-state index contributed by atoms with van der Waals surface area (Å²) >= 11 is 5.33. The molecule has 6 nitrogen and oxygen atoms in total. The molecule has 0 amide bonds. The molecule has 26 heavy (non-hydrogen) atoms. The first-order valence-electron chi connectivity index (χ1n) is 8.21. The highest BCUT2D eigenvalue weighted by atomic mass is 32.1. The fraction of sp³-hybridized carbons (Fsp3) is 0.158. The molecule has 7 heteroatoms. The van der Waals surface area contributed by atoms with Gasteiger partial charge >= 0.3 is 5.96 Å². The van der Waals surface area contributed by atoms with Gasteiger partial charge in [0.25, 0.3) is 11.1 Å². The third kappa shape index (κ3) is 3.94. The average Bonchev–Trinajstić information content (AvgIpc) is 2.59. The third-order valence-corrected chi connectivity index (χ3v) is 4.35. The van der Waals surface area contributed by atoms with Crippen molar-refractivity contribution in [3.8, 4) is 0 Å². The van der Waals surface area contributed by atoms with Crippen LogP contribution in [0.2, 0.25) is 0 Å². The predicted octanol–water partition coefficient (Wildman–Crippen LogP) is 1.76. The molecule has 0 saturated heterocycles. The molecular formula is C19H21N6S+. The lowest BCUT2D eigenvalue weighted by Gasteiger charge is -2.08. The molecule has 2 aromatic carbocycles. The van der Waals surface area contributed by atoms with Crippen molar-refractivity contribution in [2.45, 2.75) is 20.8 Å². The molecule has 0 aliphatic carbocycles. The van der Waals surface area contributed by atoms with Crippen molar-refractivity contribution in [1.82, 2.24) is 9.97 Å². The van der Waals surface area contributed by atoms with Crippen LogP contribution in [0.15, 0.2) is 42.5 Å². The maximum absolute atomic E-state index is 6.01. The van der Waals surface area contributed by atoms with Crippen molar-refractivity contribution < 1.29 is 4.99 Å². The highest BCUT2D eigenvalue weighted by Crippen LogP contribution is 2.17. The van der Waals surface area contributed by atoms with E-state index in [9.17, 15) is 0 Å². The van der Waals surface area contributed by atoms with Crippen LogP contribution in [-0.2, 0) is 0 Å². The molecule has 0 saturated carbocycles. The van der Waals surface area contributed by atoms with Gasteiger partial charge in [-0.15, -0.1) is 0 Å². The Labute approximate surface area is 157 Å². The predicted molar refractivity (Wildman–Crippen MR) is 110 cm³/mol. The second kappa shape index (κ2) is 7.45. The molecule has 0 unspecified atom stereocenters. The SMILES string of the molecule is Cc1cccc(NC(=S)[NH+]=C(N)Nc2nc(C)c3ccccc3n2)c1C. The fourth-order valence-corrected chi connectivity index (χ4v) is 2.83. The highest BCUT2D eigenvalue weighted by Gasteiger charge is 2.10. The van der Waals surface area contributed by atoms with Gasteiger partial charge in [0.15, 0.2) is 0 Å². The summed E-state index contributed by atoms with van der Waals surface area (Å²) in [5.74, 6) is 0.670. The molecule has 0 atom stereocenters. The molecule has 0 radical (unpaired) electrons.